The molecule has 138 valence electrons. The predicted octanol–water partition coefficient (Wildman–Crippen LogP) is 1.92. The lowest BCUT2D eigenvalue weighted by molar-refractivity contribution is -0.156. The number of furan rings is 1. The van der Waals surface area contributed by atoms with Crippen molar-refractivity contribution in [3.8, 4) is 0 Å². The maximum absolute atomic E-state index is 13.2. The van der Waals surface area contributed by atoms with Gasteiger partial charge in [-0.3, -0.25) is 14.6 Å². The molecule has 7 nitrogen and oxygen atoms in total. The first kappa shape index (κ1) is 18.1. The number of ether oxygens (including phenoxy) is 1. The van der Waals surface area contributed by atoms with Crippen molar-refractivity contribution in [1.29, 1.82) is 0 Å². The predicted molar refractivity (Wildman–Crippen MR) is 93.8 cm³/mol. The molecule has 0 aromatic carbocycles. The summed E-state index contributed by atoms with van der Waals surface area (Å²) in [6, 6.07) is 6.66. The van der Waals surface area contributed by atoms with Gasteiger partial charge in [0.1, 0.15) is 12.4 Å². The zero-order valence-corrected chi connectivity index (χ0v) is 14.9. The maximum atomic E-state index is 13.2. The summed E-state index contributed by atoms with van der Waals surface area (Å²) in [5, 5.41) is 2.86. The Morgan fingerprint density at radius 3 is 2.88 bits per heavy atom. The monoisotopic (exact) mass is 357 g/mol. The molecular weight excluding hydrogens is 334 g/mol. The van der Waals surface area contributed by atoms with E-state index in [4.69, 9.17) is 9.15 Å². The lowest BCUT2D eigenvalue weighted by atomic mass is 10.00. The van der Waals surface area contributed by atoms with Gasteiger partial charge in [0.2, 0.25) is 5.91 Å². The Labute approximate surface area is 152 Å². The van der Waals surface area contributed by atoms with Crippen molar-refractivity contribution < 1.29 is 18.7 Å². The third-order valence-electron chi connectivity index (χ3n) is 4.12. The summed E-state index contributed by atoms with van der Waals surface area (Å²) >= 11 is 0. The second kappa shape index (κ2) is 8.14. The molecule has 1 aliphatic rings. The number of nitrogens with zero attached hydrogens (tertiary/aromatic N) is 2. The summed E-state index contributed by atoms with van der Waals surface area (Å²) < 4.78 is 11.0. The smallest absolute Gasteiger partial charge is 0.254 e. The number of pyridine rings is 1. The molecule has 0 bridgehead atoms. The third kappa shape index (κ3) is 4.29. The molecule has 3 rings (SSSR count). The van der Waals surface area contributed by atoms with Gasteiger partial charge in [0.15, 0.2) is 6.10 Å². The van der Waals surface area contributed by atoms with Gasteiger partial charge in [-0.25, -0.2) is 0 Å². The van der Waals surface area contributed by atoms with E-state index in [0.29, 0.717) is 18.8 Å². The van der Waals surface area contributed by atoms with Crippen LogP contribution in [0.1, 0.15) is 31.2 Å². The van der Waals surface area contributed by atoms with Gasteiger partial charge in [0, 0.05) is 18.9 Å². The van der Waals surface area contributed by atoms with Gasteiger partial charge in [-0.15, -0.1) is 0 Å². The molecule has 1 saturated heterocycles. The molecule has 1 fully saturated rings. The Kier molecular flexibility index (Phi) is 5.68. The number of aromatic nitrogens is 1. The van der Waals surface area contributed by atoms with Crippen LogP contribution in [0.25, 0.3) is 0 Å². The number of hydrogen-bond donors (Lipinski definition) is 1. The maximum Gasteiger partial charge on any atom is 0.254 e. The van der Waals surface area contributed by atoms with Crippen molar-refractivity contribution in [2.45, 2.75) is 32.5 Å². The van der Waals surface area contributed by atoms with Gasteiger partial charge < -0.3 is 19.4 Å². The fraction of sp³-hybridized carbons (Fsp3) is 0.421. The Morgan fingerprint density at radius 1 is 1.38 bits per heavy atom. The summed E-state index contributed by atoms with van der Waals surface area (Å²) in [4.78, 5) is 30.9. The van der Waals surface area contributed by atoms with Gasteiger partial charge in [0.05, 0.1) is 18.8 Å². The Hall–Kier alpha value is -2.67. The molecule has 1 aliphatic heterocycles. The van der Waals surface area contributed by atoms with Crippen LogP contribution in [-0.2, 0) is 20.9 Å². The highest BCUT2D eigenvalue weighted by atomic mass is 16.5. The quantitative estimate of drug-likeness (QED) is 0.854. The van der Waals surface area contributed by atoms with E-state index in [0.717, 1.165) is 5.56 Å². The van der Waals surface area contributed by atoms with Crippen LogP contribution in [0, 0.1) is 5.92 Å². The van der Waals surface area contributed by atoms with E-state index >= 15 is 0 Å². The number of carbonyl (C=O) groups is 2. The normalized spacial score (nSPS) is 20.0. The van der Waals surface area contributed by atoms with Crippen molar-refractivity contribution in [3.05, 3.63) is 54.2 Å². The van der Waals surface area contributed by atoms with E-state index in [1.54, 1.807) is 35.7 Å². The van der Waals surface area contributed by atoms with E-state index in [-0.39, 0.29) is 24.3 Å². The van der Waals surface area contributed by atoms with Crippen LogP contribution < -0.4 is 5.32 Å². The standard InChI is InChI=1S/C19H23N3O4/c1-13(2)10-22(11-15-6-4-8-25-15)19(24)18-17(21-16(23)12-26-18)14-5-3-7-20-9-14/h3-9,13,17-18H,10-12H2,1-2H3,(H,21,23)/t17-,18+/m1/s1. The first-order valence-corrected chi connectivity index (χ1v) is 8.66. The SMILES string of the molecule is CC(C)CN(Cc1ccco1)C(=O)[C@H]1OCC(=O)N[C@@H]1c1cccnc1. The average molecular weight is 357 g/mol. The number of hydrogen-bond acceptors (Lipinski definition) is 5. The van der Waals surface area contributed by atoms with E-state index in [2.05, 4.69) is 10.3 Å². The average Bonchev–Trinajstić information content (AvgIpc) is 3.14. The Morgan fingerprint density at radius 2 is 2.23 bits per heavy atom. The number of nitrogens with one attached hydrogen (secondary N) is 1. The lowest BCUT2D eigenvalue weighted by Crippen LogP contribution is -2.53. The van der Waals surface area contributed by atoms with Crippen LogP contribution in [0.5, 0.6) is 0 Å². The fourth-order valence-electron chi connectivity index (χ4n) is 3.03. The second-order valence-corrected chi connectivity index (χ2v) is 6.76. The number of amides is 2. The molecule has 2 aromatic rings. The minimum absolute atomic E-state index is 0.135. The van der Waals surface area contributed by atoms with Crippen molar-refractivity contribution in [3.63, 3.8) is 0 Å². The van der Waals surface area contributed by atoms with E-state index in [1.165, 1.54) is 0 Å². The molecule has 3 heterocycles. The first-order chi connectivity index (χ1) is 12.5. The first-order valence-electron chi connectivity index (χ1n) is 8.66. The fourth-order valence-corrected chi connectivity index (χ4v) is 3.03. The molecule has 2 aromatic heterocycles. The summed E-state index contributed by atoms with van der Waals surface area (Å²) in [7, 11) is 0. The lowest BCUT2D eigenvalue weighted by Gasteiger charge is -2.35. The summed E-state index contributed by atoms with van der Waals surface area (Å²) in [5.41, 5.74) is 0.737. The van der Waals surface area contributed by atoms with Crippen molar-refractivity contribution in [2.75, 3.05) is 13.2 Å². The highest BCUT2D eigenvalue weighted by molar-refractivity contribution is 5.86. The summed E-state index contributed by atoms with van der Waals surface area (Å²) in [6.07, 6.45) is 4.07. The van der Waals surface area contributed by atoms with Crippen molar-refractivity contribution in [1.82, 2.24) is 15.2 Å². The molecule has 0 saturated carbocycles. The Balaban J connectivity index is 1.84. The molecule has 26 heavy (non-hydrogen) atoms. The van der Waals surface area contributed by atoms with Crippen molar-refractivity contribution in [2.24, 2.45) is 5.92 Å². The number of morpholine rings is 1. The molecule has 0 spiro atoms. The van der Waals surface area contributed by atoms with Gasteiger partial charge in [0.25, 0.3) is 5.91 Å². The van der Waals surface area contributed by atoms with Gasteiger partial charge in [-0.1, -0.05) is 19.9 Å². The zero-order chi connectivity index (χ0) is 18.5. The van der Waals surface area contributed by atoms with Crippen LogP contribution in [0.15, 0.2) is 47.3 Å². The molecule has 0 unspecified atom stereocenters. The van der Waals surface area contributed by atoms with Gasteiger partial charge in [-0.05, 0) is 29.7 Å². The highest BCUT2D eigenvalue weighted by Gasteiger charge is 2.38. The number of rotatable bonds is 6. The van der Waals surface area contributed by atoms with Crippen LogP contribution in [0.4, 0.5) is 0 Å². The third-order valence-corrected chi connectivity index (χ3v) is 4.12. The molecule has 7 heteroatoms. The molecule has 1 N–H and O–H groups in total. The summed E-state index contributed by atoms with van der Waals surface area (Å²) in [5.74, 6) is 0.564. The van der Waals surface area contributed by atoms with Gasteiger partial charge in [-0.2, -0.15) is 0 Å². The van der Waals surface area contributed by atoms with E-state index < -0.39 is 12.1 Å². The molecular formula is C19H23N3O4. The topological polar surface area (TPSA) is 84.7 Å². The molecule has 0 radical (unpaired) electrons. The van der Waals surface area contributed by atoms with E-state index in [9.17, 15) is 9.59 Å². The summed E-state index contributed by atoms with van der Waals surface area (Å²) in [6.45, 7) is 4.88. The largest absolute Gasteiger partial charge is 0.467 e. The minimum Gasteiger partial charge on any atom is -0.467 e. The molecule has 2 amide bonds. The van der Waals surface area contributed by atoms with E-state index in [1.807, 2.05) is 26.0 Å². The second-order valence-electron chi connectivity index (χ2n) is 6.76. The minimum atomic E-state index is -0.800. The van der Waals surface area contributed by atoms with Gasteiger partial charge >= 0.3 is 0 Å². The van der Waals surface area contributed by atoms with Crippen LogP contribution in [0.3, 0.4) is 0 Å². The Bertz CT molecular complexity index is 731. The van der Waals surface area contributed by atoms with Crippen LogP contribution in [-0.4, -0.2) is 41.0 Å². The molecule has 2 atom stereocenters. The van der Waals surface area contributed by atoms with Crippen molar-refractivity contribution >= 4 is 11.8 Å². The molecule has 0 aliphatic carbocycles. The number of carbonyl (C=O) groups excluding carboxylic acids is 2. The van der Waals surface area contributed by atoms with Crippen LogP contribution >= 0.6 is 0 Å². The van der Waals surface area contributed by atoms with Crippen LogP contribution in [0.2, 0.25) is 0 Å². The highest BCUT2D eigenvalue weighted by Crippen LogP contribution is 2.24. The zero-order valence-electron chi connectivity index (χ0n) is 14.9.